The first-order valence-electron chi connectivity index (χ1n) is 6.27. The number of aliphatic hydroxyl groups excluding tert-OH is 1. The van der Waals surface area contributed by atoms with Crippen molar-refractivity contribution in [1.82, 2.24) is 0 Å². The average Bonchev–Trinajstić information content (AvgIpc) is 2.46. The van der Waals surface area contributed by atoms with Crippen LogP contribution in [-0.4, -0.2) is 11.7 Å². The molecule has 0 bridgehead atoms. The lowest BCUT2D eigenvalue weighted by Crippen LogP contribution is -1.89. The normalized spacial score (nSPS) is 9.95. The molecule has 0 unspecified atom stereocenters. The topological polar surface area (TPSA) is 20.2 Å². The molecule has 102 valence electrons. The first-order valence-corrected chi connectivity index (χ1v) is 7.26. The summed E-state index contributed by atoms with van der Waals surface area (Å²) in [6.07, 6.45) is 0. The highest BCUT2D eigenvalue weighted by Crippen LogP contribution is 2.26. The van der Waals surface area contributed by atoms with Crippen LogP contribution >= 0.6 is 11.8 Å². The maximum atomic E-state index is 13.5. The third kappa shape index (κ3) is 3.86. The Hall–Kier alpha value is -1.76. The Morgan fingerprint density at radius 3 is 2.75 bits per heavy atom. The molecule has 1 nitrogen and oxygen atoms in total. The van der Waals surface area contributed by atoms with E-state index < -0.39 is 0 Å². The zero-order chi connectivity index (χ0) is 14.4. The molecule has 0 saturated heterocycles. The quantitative estimate of drug-likeness (QED) is 0.684. The SMILES string of the molecule is Cc1ccccc1SCc1ccc(F)c(C#CCO)c1. The Morgan fingerprint density at radius 2 is 2.00 bits per heavy atom. The van der Waals surface area contributed by atoms with Crippen molar-refractivity contribution in [2.45, 2.75) is 17.6 Å². The molecule has 0 aliphatic carbocycles. The first kappa shape index (κ1) is 14.6. The van der Waals surface area contributed by atoms with E-state index >= 15 is 0 Å². The van der Waals surface area contributed by atoms with Gasteiger partial charge in [-0.05, 0) is 36.2 Å². The van der Waals surface area contributed by atoms with Crippen molar-refractivity contribution in [3.05, 3.63) is 65.0 Å². The van der Waals surface area contributed by atoms with Gasteiger partial charge in [0.1, 0.15) is 12.4 Å². The van der Waals surface area contributed by atoms with E-state index in [0.717, 1.165) is 11.3 Å². The lowest BCUT2D eigenvalue weighted by Gasteiger charge is -2.06. The summed E-state index contributed by atoms with van der Waals surface area (Å²) in [5.41, 5.74) is 2.59. The lowest BCUT2D eigenvalue weighted by molar-refractivity contribution is 0.350. The monoisotopic (exact) mass is 286 g/mol. The summed E-state index contributed by atoms with van der Waals surface area (Å²) in [6.45, 7) is 1.81. The molecule has 0 aromatic heterocycles. The number of benzene rings is 2. The van der Waals surface area contributed by atoms with Gasteiger partial charge in [0.15, 0.2) is 0 Å². The lowest BCUT2D eigenvalue weighted by atomic mass is 10.1. The van der Waals surface area contributed by atoms with Crippen LogP contribution in [-0.2, 0) is 5.75 Å². The predicted molar refractivity (Wildman–Crippen MR) is 81.1 cm³/mol. The third-order valence-corrected chi connectivity index (χ3v) is 4.07. The van der Waals surface area contributed by atoms with Crippen molar-refractivity contribution in [1.29, 1.82) is 0 Å². The van der Waals surface area contributed by atoms with Gasteiger partial charge in [0.25, 0.3) is 0 Å². The van der Waals surface area contributed by atoms with Crippen LogP contribution in [0.5, 0.6) is 0 Å². The van der Waals surface area contributed by atoms with E-state index in [1.807, 2.05) is 12.1 Å². The van der Waals surface area contributed by atoms with Crippen molar-refractivity contribution >= 4 is 11.8 Å². The highest BCUT2D eigenvalue weighted by molar-refractivity contribution is 7.98. The molecular formula is C17H15FOS. The number of aliphatic hydroxyl groups is 1. The molecule has 0 amide bonds. The van der Waals surface area contributed by atoms with Crippen molar-refractivity contribution in [2.24, 2.45) is 0 Å². The molecule has 20 heavy (non-hydrogen) atoms. The molecule has 2 aromatic rings. The highest BCUT2D eigenvalue weighted by atomic mass is 32.2. The summed E-state index contributed by atoms with van der Waals surface area (Å²) in [4.78, 5) is 1.22. The summed E-state index contributed by atoms with van der Waals surface area (Å²) < 4.78 is 13.5. The molecule has 0 aliphatic heterocycles. The van der Waals surface area contributed by atoms with Gasteiger partial charge >= 0.3 is 0 Å². The van der Waals surface area contributed by atoms with Crippen LogP contribution in [0.15, 0.2) is 47.4 Å². The van der Waals surface area contributed by atoms with Crippen molar-refractivity contribution in [2.75, 3.05) is 6.61 Å². The second-order valence-electron chi connectivity index (χ2n) is 4.33. The summed E-state index contributed by atoms with van der Waals surface area (Å²) in [7, 11) is 0. The van der Waals surface area contributed by atoms with E-state index in [-0.39, 0.29) is 12.4 Å². The number of hydrogen-bond donors (Lipinski definition) is 1. The van der Waals surface area contributed by atoms with Gasteiger partial charge in [-0.2, -0.15) is 0 Å². The van der Waals surface area contributed by atoms with E-state index in [9.17, 15) is 4.39 Å². The zero-order valence-corrected chi connectivity index (χ0v) is 12.0. The second kappa shape index (κ2) is 7.14. The predicted octanol–water partition coefficient (Wildman–Crippen LogP) is 3.77. The van der Waals surface area contributed by atoms with Crippen molar-refractivity contribution in [3.63, 3.8) is 0 Å². The molecule has 0 spiro atoms. The van der Waals surface area contributed by atoms with Gasteiger partial charge in [-0.1, -0.05) is 36.1 Å². The molecule has 0 radical (unpaired) electrons. The van der Waals surface area contributed by atoms with Crippen LogP contribution in [0, 0.1) is 24.6 Å². The van der Waals surface area contributed by atoms with Gasteiger partial charge in [-0.3, -0.25) is 0 Å². The molecule has 0 atom stereocenters. The molecule has 0 heterocycles. The fraction of sp³-hybridized carbons (Fsp3) is 0.176. The van der Waals surface area contributed by atoms with Gasteiger partial charge in [0.2, 0.25) is 0 Å². The number of hydrogen-bond acceptors (Lipinski definition) is 2. The Bertz CT molecular complexity index is 656. The maximum absolute atomic E-state index is 13.5. The Labute approximate surface area is 122 Å². The molecule has 3 heteroatoms. The second-order valence-corrected chi connectivity index (χ2v) is 5.35. The van der Waals surface area contributed by atoms with Crippen molar-refractivity contribution < 1.29 is 9.50 Å². The van der Waals surface area contributed by atoms with Crippen LogP contribution in [0.2, 0.25) is 0 Å². The fourth-order valence-electron chi connectivity index (χ4n) is 1.77. The summed E-state index contributed by atoms with van der Waals surface area (Å²) >= 11 is 1.72. The standard InChI is InChI=1S/C17H15FOS/c1-13-5-2-3-7-17(13)20-12-14-8-9-16(18)15(11-14)6-4-10-19/h2-3,5,7-9,11,19H,10,12H2,1H3. The van der Waals surface area contributed by atoms with Crippen LogP contribution in [0.4, 0.5) is 4.39 Å². The number of aryl methyl sites for hydroxylation is 1. The van der Waals surface area contributed by atoms with Gasteiger partial charge in [0, 0.05) is 10.6 Å². The minimum atomic E-state index is -0.351. The van der Waals surface area contributed by atoms with Crippen LogP contribution in [0.1, 0.15) is 16.7 Å². The Balaban J connectivity index is 2.12. The van der Waals surface area contributed by atoms with Crippen LogP contribution in [0.25, 0.3) is 0 Å². The van der Waals surface area contributed by atoms with E-state index in [0.29, 0.717) is 5.56 Å². The number of halogens is 1. The Morgan fingerprint density at radius 1 is 1.20 bits per heavy atom. The third-order valence-electron chi connectivity index (χ3n) is 2.82. The Kier molecular flexibility index (Phi) is 5.23. The molecule has 2 aromatic carbocycles. The summed E-state index contributed by atoms with van der Waals surface area (Å²) in [5.74, 6) is 5.51. The minimum Gasteiger partial charge on any atom is -0.384 e. The molecular weight excluding hydrogens is 271 g/mol. The molecule has 0 aliphatic rings. The van der Waals surface area contributed by atoms with E-state index in [4.69, 9.17) is 5.11 Å². The molecule has 0 fully saturated rings. The van der Waals surface area contributed by atoms with Crippen LogP contribution in [0.3, 0.4) is 0 Å². The maximum Gasteiger partial charge on any atom is 0.138 e. The summed E-state index contributed by atoms with van der Waals surface area (Å²) in [5, 5.41) is 8.67. The van der Waals surface area contributed by atoms with Gasteiger partial charge < -0.3 is 5.11 Å². The number of rotatable bonds is 3. The zero-order valence-electron chi connectivity index (χ0n) is 11.2. The molecule has 1 N–H and O–H groups in total. The van der Waals surface area contributed by atoms with Gasteiger partial charge in [-0.15, -0.1) is 11.8 Å². The van der Waals surface area contributed by atoms with E-state index in [2.05, 4.69) is 30.9 Å². The average molecular weight is 286 g/mol. The highest BCUT2D eigenvalue weighted by Gasteiger charge is 2.03. The molecule has 2 rings (SSSR count). The fourth-order valence-corrected chi connectivity index (χ4v) is 2.74. The summed E-state index contributed by atoms with van der Waals surface area (Å²) in [6, 6.07) is 13.1. The van der Waals surface area contributed by atoms with Crippen LogP contribution < -0.4 is 0 Å². The van der Waals surface area contributed by atoms with Crippen molar-refractivity contribution in [3.8, 4) is 11.8 Å². The minimum absolute atomic E-state index is 0.262. The van der Waals surface area contributed by atoms with E-state index in [1.54, 1.807) is 23.9 Å². The molecule has 0 saturated carbocycles. The van der Waals surface area contributed by atoms with Gasteiger partial charge in [0.05, 0.1) is 5.56 Å². The largest absolute Gasteiger partial charge is 0.384 e. The first-order chi connectivity index (χ1) is 9.70. The smallest absolute Gasteiger partial charge is 0.138 e. The van der Waals surface area contributed by atoms with E-state index in [1.165, 1.54) is 16.5 Å². The van der Waals surface area contributed by atoms with Gasteiger partial charge in [-0.25, -0.2) is 4.39 Å². The number of thioether (sulfide) groups is 1.